The van der Waals surface area contributed by atoms with Gasteiger partial charge in [-0.3, -0.25) is 0 Å². The fraction of sp³-hybridized carbons (Fsp3) is 0.364. The first-order chi connectivity index (χ1) is 6.81. The summed E-state index contributed by atoms with van der Waals surface area (Å²) in [6.07, 6.45) is 0. The monoisotopic (exact) mass is 271 g/mol. The van der Waals surface area contributed by atoms with Gasteiger partial charge in [0.1, 0.15) is 5.60 Å². The van der Waals surface area contributed by atoms with Gasteiger partial charge in [0.2, 0.25) is 0 Å². The number of carbonyl (C=O) groups is 1. The van der Waals surface area contributed by atoms with E-state index in [1.165, 1.54) is 0 Å². The molecule has 0 heterocycles. The molecule has 0 aliphatic rings. The van der Waals surface area contributed by atoms with Crippen LogP contribution in [0.1, 0.15) is 31.1 Å². The van der Waals surface area contributed by atoms with Crippen molar-refractivity contribution < 1.29 is 9.53 Å². The lowest BCUT2D eigenvalue weighted by Gasteiger charge is -2.20. The number of rotatable bonds is 1. The van der Waals surface area contributed by atoms with Gasteiger partial charge in [0.15, 0.2) is 0 Å². The maximum Gasteiger partial charge on any atom is 0.339 e. The highest BCUT2D eigenvalue weighted by atomic mass is 79.9. The van der Waals surface area contributed by atoms with Crippen LogP contribution in [0.25, 0.3) is 0 Å². The lowest BCUT2D eigenvalue weighted by molar-refractivity contribution is 0.00686. The third kappa shape index (κ3) is 3.23. The van der Waals surface area contributed by atoms with Crippen LogP contribution in [0.4, 0.5) is 5.69 Å². The summed E-state index contributed by atoms with van der Waals surface area (Å²) in [6.45, 7) is 5.47. The molecule has 0 spiro atoms. The van der Waals surface area contributed by atoms with Crippen molar-refractivity contribution in [2.75, 3.05) is 5.73 Å². The number of ether oxygens (including phenoxy) is 1. The molecule has 0 unspecified atom stereocenters. The van der Waals surface area contributed by atoms with Crippen molar-refractivity contribution in [1.82, 2.24) is 0 Å². The van der Waals surface area contributed by atoms with E-state index in [2.05, 4.69) is 15.9 Å². The summed E-state index contributed by atoms with van der Waals surface area (Å²) in [4.78, 5) is 11.7. The van der Waals surface area contributed by atoms with Crippen molar-refractivity contribution in [3.63, 3.8) is 0 Å². The third-order valence-electron chi connectivity index (χ3n) is 1.65. The van der Waals surface area contributed by atoms with Crippen LogP contribution in [0.15, 0.2) is 22.7 Å². The van der Waals surface area contributed by atoms with Crippen LogP contribution < -0.4 is 5.73 Å². The van der Waals surface area contributed by atoms with Gasteiger partial charge >= 0.3 is 5.97 Å². The Labute approximate surface area is 97.7 Å². The number of benzene rings is 1. The number of hydrogen-bond donors (Lipinski definition) is 1. The fourth-order valence-electron chi connectivity index (χ4n) is 1.04. The molecule has 0 saturated carbocycles. The molecule has 0 aromatic heterocycles. The predicted octanol–water partition coefficient (Wildman–Crippen LogP) is 2.99. The zero-order chi connectivity index (χ0) is 11.6. The lowest BCUT2D eigenvalue weighted by atomic mass is 10.1. The molecule has 0 aliphatic carbocycles. The lowest BCUT2D eigenvalue weighted by Crippen LogP contribution is -2.24. The van der Waals surface area contributed by atoms with Crippen molar-refractivity contribution in [2.45, 2.75) is 26.4 Å². The van der Waals surface area contributed by atoms with E-state index in [0.717, 1.165) is 0 Å². The standard InChI is InChI=1S/C11H14BrNO2/c1-11(2,3)15-10(14)7-5-4-6-8(13)9(7)12/h4-6H,13H2,1-3H3. The molecule has 0 aliphatic heterocycles. The summed E-state index contributed by atoms with van der Waals surface area (Å²) in [5.74, 6) is -0.373. The van der Waals surface area contributed by atoms with Gasteiger partial charge in [-0.2, -0.15) is 0 Å². The van der Waals surface area contributed by atoms with E-state index in [-0.39, 0.29) is 5.97 Å². The van der Waals surface area contributed by atoms with Crippen LogP contribution in [0, 0.1) is 0 Å². The van der Waals surface area contributed by atoms with Gasteiger partial charge in [-0.15, -0.1) is 0 Å². The van der Waals surface area contributed by atoms with Gasteiger partial charge in [0.25, 0.3) is 0 Å². The molecule has 15 heavy (non-hydrogen) atoms. The highest BCUT2D eigenvalue weighted by Gasteiger charge is 2.20. The number of halogens is 1. The first kappa shape index (κ1) is 12.0. The molecular formula is C11H14BrNO2. The average Bonchev–Trinajstić information content (AvgIpc) is 2.06. The summed E-state index contributed by atoms with van der Waals surface area (Å²) in [5, 5.41) is 0. The highest BCUT2D eigenvalue weighted by Crippen LogP contribution is 2.25. The second-order valence-electron chi connectivity index (χ2n) is 4.21. The minimum atomic E-state index is -0.499. The van der Waals surface area contributed by atoms with Gasteiger partial charge in [0, 0.05) is 5.69 Å². The predicted molar refractivity (Wildman–Crippen MR) is 63.7 cm³/mol. The molecule has 1 aromatic rings. The number of nitrogens with two attached hydrogens (primary N) is 1. The summed E-state index contributed by atoms with van der Waals surface area (Å²) in [7, 11) is 0. The van der Waals surface area contributed by atoms with E-state index in [0.29, 0.717) is 15.7 Å². The number of carbonyl (C=O) groups excluding carboxylic acids is 1. The largest absolute Gasteiger partial charge is 0.456 e. The average molecular weight is 272 g/mol. The van der Waals surface area contributed by atoms with E-state index in [1.807, 2.05) is 20.8 Å². The molecule has 1 rings (SSSR count). The van der Waals surface area contributed by atoms with Crippen molar-refractivity contribution >= 4 is 27.6 Å². The molecular weight excluding hydrogens is 258 g/mol. The van der Waals surface area contributed by atoms with E-state index < -0.39 is 5.60 Å². The van der Waals surface area contributed by atoms with Crippen LogP contribution in [-0.4, -0.2) is 11.6 Å². The molecule has 0 amide bonds. The van der Waals surface area contributed by atoms with Gasteiger partial charge < -0.3 is 10.5 Å². The molecule has 0 radical (unpaired) electrons. The Morgan fingerprint density at radius 1 is 1.40 bits per heavy atom. The minimum absolute atomic E-state index is 0.373. The Morgan fingerprint density at radius 2 is 2.00 bits per heavy atom. The van der Waals surface area contributed by atoms with Crippen LogP contribution in [0.5, 0.6) is 0 Å². The van der Waals surface area contributed by atoms with Crippen LogP contribution in [0.3, 0.4) is 0 Å². The quantitative estimate of drug-likeness (QED) is 0.631. The summed E-state index contributed by atoms with van der Waals surface area (Å²) in [6, 6.07) is 5.12. The third-order valence-corrected chi connectivity index (χ3v) is 2.53. The van der Waals surface area contributed by atoms with Crippen molar-refractivity contribution in [3.05, 3.63) is 28.2 Å². The van der Waals surface area contributed by atoms with E-state index in [9.17, 15) is 4.79 Å². The molecule has 82 valence electrons. The zero-order valence-electron chi connectivity index (χ0n) is 9.00. The van der Waals surface area contributed by atoms with Gasteiger partial charge in [-0.05, 0) is 48.8 Å². The molecule has 0 saturated heterocycles. The Morgan fingerprint density at radius 3 is 2.53 bits per heavy atom. The van der Waals surface area contributed by atoms with Crippen LogP contribution in [-0.2, 0) is 4.74 Å². The van der Waals surface area contributed by atoms with E-state index >= 15 is 0 Å². The summed E-state index contributed by atoms with van der Waals surface area (Å²) < 4.78 is 5.82. The SMILES string of the molecule is CC(C)(C)OC(=O)c1cccc(N)c1Br. The van der Waals surface area contributed by atoms with Gasteiger partial charge in [-0.1, -0.05) is 6.07 Å². The van der Waals surface area contributed by atoms with E-state index in [1.54, 1.807) is 18.2 Å². The number of anilines is 1. The first-order valence-electron chi connectivity index (χ1n) is 4.58. The second kappa shape index (κ2) is 4.23. The topological polar surface area (TPSA) is 52.3 Å². The van der Waals surface area contributed by atoms with Crippen LogP contribution >= 0.6 is 15.9 Å². The van der Waals surface area contributed by atoms with Crippen molar-refractivity contribution in [3.8, 4) is 0 Å². The Bertz CT molecular complexity index is 383. The summed E-state index contributed by atoms with van der Waals surface area (Å²) in [5.41, 5.74) is 6.14. The smallest absolute Gasteiger partial charge is 0.339 e. The molecule has 2 N–H and O–H groups in total. The van der Waals surface area contributed by atoms with Crippen molar-refractivity contribution in [1.29, 1.82) is 0 Å². The first-order valence-corrected chi connectivity index (χ1v) is 5.38. The molecule has 0 bridgehead atoms. The van der Waals surface area contributed by atoms with Gasteiger partial charge in [0.05, 0.1) is 10.0 Å². The number of esters is 1. The maximum absolute atomic E-state index is 11.7. The fourth-order valence-corrected chi connectivity index (χ4v) is 1.47. The number of nitrogen functional groups attached to an aromatic ring is 1. The maximum atomic E-state index is 11.7. The molecule has 3 nitrogen and oxygen atoms in total. The molecule has 4 heteroatoms. The summed E-state index contributed by atoms with van der Waals surface area (Å²) >= 11 is 3.26. The van der Waals surface area contributed by atoms with Crippen LogP contribution in [0.2, 0.25) is 0 Å². The second-order valence-corrected chi connectivity index (χ2v) is 5.00. The highest BCUT2D eigenvalue weighted by molar-refractivity contribution is 9.10. The van der Waals surface area contributed by atoms with Gasteiger partial charge in [-0.25, -0.2) is 4.79 Å². The normalized spacial score (nSPS) is 11.2. The number of hydrogen-bond acceptors (Lipinski definition) is 3. The van der Waals surface area contributed by atoms with Crippen molar-refractivity contribution in [2.24, 2.45) is 0 Å². The van der Waals surface area contributed by atoms with E-state index in [4.69, 9.17) is 10.5 Å². The Balaban J connectivity index is 2.97. The molecule has 0 atom stereocenters. The molecule has 1 aromatic carbocycles. The Hall–Kier alpha value is -1.03. The Kier molecular flexibility index (Phi) is 3.39. The molecule has 0 fully saturated rings. The minimum Gasteiger partial charge on any atom is -0.456 e. The zero-order valence-corrected chi connectivity index (χ0v) is 10.6.